The van der Waals surface area contributed by atoms with Crippen LogP contribution in [0.3, 0.4) is 0 Å². The van der Waals surface area contributed by atoms with E-state index in [9.17, 15) is 14.4 Å². The van der Waals surface area contributed by atoms with Gasteiger partial charge in [0.2, 0.25) is 5.91 Å². The predicted octanol–water partition coefficient (Wildman–Crippen LogP) is 3.66. The number of halogens is 1. The van der Waals surface area contributed by atoms with E-state index in [4.69, 9.17) is 5.11 Å². The summed E-state index contributed by atoms with van der Waals surface area (Å²) in [5, 5.41) is 30.6. The van der Waals surface area contributed by atoms with Crippen LogP contribution in [-0.4, -0.2) is 48.0 Å². The molecule has 0 spiro atoms. The van der Waals surface area contributed by atoms with Gasteiger partial charge in [-0.3, -0.25) is 9.48 Å². The van der Waals surface area contributed by atoms with Crippen LogP contribution in [0, 0.1) is 24.1 Å². The molecule has 4 aromatic rings. The molecular weight excluding hydrogens is 481 g/mol. The Balaban J connectivity index is 1.46. The summed E-state index contributed by atoms with van der Waals surface area (Å²) in [7, 11) is 0. The van der Waals surface area contributed by atoms with Gasteiger partial charge in [0.25, 0.3) is 0 Å². The summed E-state index contributed by atoms with van der Waals surface area (Å²) in [5.41, 5.74) is 3.76. The third-order valence-electron chi connectivity index (χ3n) is 6.54. The van der Waals surface area contributed by atoms with Crippen molar-refractivity contribution < 1.29 is 14.3 Å². The SMILES string of the molecule is Cc1c(-c2cc(Sc3ncccc3F)c3c(C#N)cnn3c2)cnn1[C@H]1CC[C@@H](NC(=O)CO)CC1. The molecule has 36 heavy (non-hydrogen) atoms. The van der Waals surface area contributed by atoms with E-state index in [-0.39, 0.29) is 23.0 Å². The van der Waals surface area contributed by atoms with Crippen molar-refractivity contribution in [1.29, 1.82) is 5.26 Å². The first-order chi connectivity index (χ1) is 17.5. The predicted molar refractivity (Wildman–Crippen MR) is 131 cm³/mol. The van der Waals surface area contributed by atoms with Crippen LogP contribution < -0.4 is 5.32 Å². The molecule has 1 aliphatic rings. The Labute approximate surface area is 211 Å². The highest BCUT2D eigenvalue weighted by atomic mass is 32.2. The minimum Gasteiger partial charge on any atom is -0.387 e. The molecule has 184 valence electrons. The van der Waals surface area contributed by atoms with Gasteiger partial charge >= 0.3 is 0 Å². The zero-order chi connectivity index (χ0) is 25.2. The van der Waals surface area contributed by atoms with E-state index in [1.807, 2.05) is 30.1 Å². The van der Waals surface area contributed by atoms with Gasteiger partial charge in [0.05, 0.1) is 29.5 Å². The van der Waals surface area contributed by atoms with Gasteiger partial charge in [-0.25, -0.2) is 13.9 Å². The third-order valence-corrected chi connectivity index (χ3v) is 7.56. The Hall–Kier alpha value is -3.75. The topological polar surface area (TPSA) is 121 Å². The van der Waals surface area contributed by atoms with Crippen LogP contribution in [-0.2, 0) is 4.79 Å². The van der Waals surface area contributed by atoms with E-state index in [2.05, 4.69) is 26.6 Å². The lowest BCUT2D eigenvalue weighted by Crippen LogP contribution is -2.39. The minimum absolute atomic E-state index is 0.0689. The number of fused-ring (bicyclic) bond motifs is 1. The Bertz CT molecular complexity index is 1470. The maximum atomic E-state index is 14.4. The number of nitrogens with zero attached hydrogens (tertiary/aromatic N) is 6. The first-order valence-corrected chi connectivity index (χ1v) is 12.4. The molecule has 1 aliphatic carbocycles. The summed E-state index contributed by atoms with van der Waals surface area (Å²) in [6.07, 6.45) is 10.1. The number of hydrogen-bond acceptors (Lipinski definition) is 7. The fourth-order valence-electron chi connectivity index (χ4n) is 4.75. The smallest absolute Gasteiger partial charge is 0.245 e. The molecule has 4 aromatic heterocycles. The average Bonchev–Trinajstić information content (AvgIpc) is 3.49. The normalized spacial score (nSPS) is 17.7. The Kier molecular flexibility index (Phi) is 6.71. The molecule has 0 bridgehead atoms. The van der Waals surface area contributed by atoms with Crippen molar-refractivity contribution in [3.8, 4) is 17.2 Å². The van der Waals surface area contributed by atoms with E-state index >= 15 is 0 Å². The van der Waals surface area contributed by atoms with Crippen molar-refractivity contribution in [2.24, 2.45) is 0 Å². The number of hydrogen-bond donors (Lipinski definition) is 2. The quantitative estimate of drug-likeness (QED) is 0.410. The standard InChI is InChI=1S/C25H24FN7O2S/c1-15-20(12-30-33(15)19-6-4-18(5-7-19)31-23(35)14-34)16-9-22(36-25-21(26)3-2-8-28-25)24-17(10-27)11-29-32(24)13-16/h2-3,8-9,11-13,18-19,34H,4-7,14H2,1H3,(H,31,35)/t18-,19+. The molecule has 0 saturated heterocycles. The Morgan fingerprint density at radius 1 is 1.31 bits per heavy atom. The summed E-state index contributed by atoms with van der Waals surface area (Å²) in [5.74, 6) is -0.775. The van der Waals surface area contributed by atoms with Crippen LogP contribution >= 0.6 is 11.8 Å². The van der Waals surface area contributed by atoms with Gasteiger partial charge in [-0.2, -0.15) is 15.5 Å². The van der Waals surface area contributed by atoms with Crippen LogP contribution in [0.2, 0.25) is 0 Å². The number of aliphatic hydroxyl groups is 1. The summed E-state index contributed by atoms with van der Waals surface area (Å²) in [4.78, 5) is 16.3. The number of pyridine rings is 2. The molecule has 0 aromatic carbocycles. The number of nitriles is 1. The van der Waals surface area contributed by atoms with E-state index in [0.29, 0.717) is 16.0 Å². The molecule has 0 radical (unpaired) electrons. The van der Waals surface area contributed by atoms with Crippen molar-refractivity contribution in [3.05, 3.63) is 60.1 Å². The Morgan fingerprint density at radius 3 is 2.83 bits per heavy atom. The first kappa shape index (κ1) is 24.0. The molecule has 9 nitrogen and oxygen atoms in total. The van der Waals surface area contributed by atoms with Crippen LogP contribution in [0.15, 0.2) is 52.9 Å². The van der Waals surface area contributed by atoms with Crippen molar-refractivity contribution in [3.63, 3.8) is 0 Å². The number of carbonyl (C=O) groups excluding carboxylic acids is 1. The van der Waals surface area contributed by atoms with Gasteiger partial charge in [0.15, 0.2) is 5.82 Å². The molecule has 0 aliphatic heterocycles. The summed E-state index contributed by atoms with van der Waals surface area (Å²) in [6.45, 7) is 1.52. The van der Waals surface area contributed by atoms with Crippen LogP contribution in [0.4, 0.5) is 4.39 Å². The van der Waals surface area contributed by atoms with Gasteiger partial charge in [-0.05, 0) is 50.8 Å². The number of amides is 1. The molecule has 11 heteroatoms. The van der Waals surface area contributed by atoms with Crippen LogP contribution in [0.5, 0.6) is 0 Å². The lowest BCUT2D eigenvalue weighted by atomic mass is 9.91. The van der Waals surface area contributed by atoms with Crippen LogP contribution in [0.1, 0.15) is 43.0 Å². The zero-order valence-corrected chi connectivity index (χ0v) is 20.4. The Morgan fingerprint density at radius 2 is 2.11 bits per heavy atom. The lowest BCUT2D eigenvalue weighted by Gasteiger charge is -2.30. The number of carbonyl (C=O) groups is 1. The average molecular weight is 506 g/mol. The largest absolute Gasteiger partial charge is 0.387 e. The molecule has 2 N–H and O–H groups in total. The minimum atomic E-state index is -0.495. The summed E-state index contributed by atoms with van der Waals surface area (Å²) < 4.78 is 18.0. The number of rotatable bonds is 6. The van der Waals surface area contributed by atoms with Crippen molar-refractivity contribution in [2.45, 2.75) is 54.6 Å². The summed E-state index contributed by atoms with van der Waals surface area (Å²) >= 11 is 1.16. The van der Waals surface area contributed by atoms with Gasteiger partial charge in [-0.15, -0.1) is 0 Å². The molecule has 5 rings (SSSR count). The second-order valence-electron chi connectivity index (χ2n) is 8.77. The lowest BCUT2D eigenvalue weighted by molar-refractivity contribution is -0.124. The van der Waals surface area contributed by atoms with E-state index in [0.717, 1.165) is 54.3 Å². The van der Waals surface area contributed by atoms with Gasteiger partial charge < -0.3 is 10.4 Å². The molecule has 0 unspecified atom stereocenters. The van der Waals surface area contributed by atoms with Crippen molar-refractivity contribution in [1.82, 2.24) is 29.7 Å². The second-order valence-corrected chi connectivity index (χ2v) is 9.80. The van der Waals surface area contributed by atoms with Crippen LogP contribution in [0.25, 0.3) is 16.6 Å². The van der Waals surface area contributed by atoms with Crippen molar-refractivity contribution >= 4 is 23.2 Å². The van der Waals surface area contributed by atoms with Gasteiger partial charge in [0.1, 0.15) is 17.7 Å². The van der Waals surface area contributed by atoms with E-state index in [1.165, 1.54) is 24.5 Å². The highest BCUT2D eigenvalue weighted by Crippen LogP contribution is 2.37. The summed E-state index contributed by atoms with van der Waals surface area (Å²) in [6, 6.07) is 7.25. The maximum Gasteiger partial charge on any atom is 0.245 e. The second kappa shape index (κ2) is 10.1. The molecular formula is C25H24FN7O2S. The van der Waals surface area contributed by atoms with E-state index < -0.39 is 12.4 Å². The monoisotopic (exact) mass is 505 g/mol. The highest BCUT2D eigenvalue weighted by Gasteiger charge is 2.26. The fraction of sp³-hybridized carbons (Fsp3) is 0.320. The third kappa shape index (κ3) is 4.57. The number of aromatic nitrogens is 5. The number of aliphatic hydroxyl groups excluding tert-OH is 1. The molecule has 1 saturated carbocycles. The van der Waals surface area contributed by atoms with Gasteiger partial charge in [0, 0.05) is 40.2 Å². The molecule has 0 atom stereocenters. The zero-order valence-electron chi connectivity index (χ0n) is 19.6. The van der Waals surface area contributed by atoms with Crippen molar-refractivity contribution in [2.75, 3.05) is 6.61 Å². The fourth-order valence-corrected chi connectivity index (χ4v) is 5.73. The molecule has 4 heterocycles. The molecule has 1 fully saturated rings. The highest BCUT2D eigenvalue weighted by molar-refractivity contribution is 7.99. The maximum absolute atomic E-state index is 14.4. The van der Waals surface area contributed by atoms with E-state index in [1.54, 1.807) is 4.52 Å². The molecule has 1 amide bonds. The number of nitrogens with one attached hydrogen (secondary N) is 1. The first-order valence-electron chi connectivity index (χ1n) is 11.6. The van der Waals surface area contributed by atoms with Gasteiger partial charge in [-0.1, -0.05) is 11.8 Å².